The smallest absolute Gasteiger partial charge is 0.268 e. The number of hydrogen-bond donors (Lipinski definition) is 0. The predicted octanol–water partition coefficient (Wildman–Crippen LogP) is 1.32. The fourth-order valence-corrected chi connectivity index (χ4v) is 1.53. The van der Waals surface area contributed by atoms with Gasteiger partial charge < -0.3 is 4.57 Å². The molecule has 0 aliphatic heterocycles. The van der Waals surface area contributed by atoms with Crippen LogP contribution in [-0.4, -0.2) is 9.55 Å². The first-order chi connectivity index (χ1) is 7.74. The zero-order chi connectivity index (χ0) is 11.5. The van der Waals surface area contributed by atoms with E-state index in [4.69, 9.17) is 5.26 Å². The molecule has 16 heavy (non-hydrogen) atoms. The van der Waals surface area contributed by atoms with Crippen LogP contribution in [0.2, 0.25) is 0 Å². The maximum absolute atomic E-state index is 11.7. The molecule has 0 bridgehead atoms. The van der Waals surface area contributed by atoms with Gasteiger partial charge in [0.25, 0.3) is 5.56 Å². The molecular weight excluding hydrogens is 202 g/mol. The minimum atomic E-state index is -0.281. The third-order valence-corrected chi connectivity index (χ3v) is 2.40. The number of nitrogens with zero attached hydrogens (tertiary/aromatic N) is 3. The summed E-state index contributed by atoms with van der Waals surface area (Å²) < 4.78 is 1.47. The van der Waals surface area contributed by atoms with Crippen LogP contribution >= 0.6 is 0 Å². The van der Waals surface area contributed by atoms with Crippen molar-refractivity contribution in [2.24, 2.45) is 7.05 Å². The molecule has 4 nitrogen and oxygen atoms in total. The lowest BCUT2D eigenvalue weighted by atomic mass is 10.1. The molecule has 0 N–H and O–H groups in total. The van der Waals surface area contributed by atoms with Crippen LogP contribution in [0.4, 0.5) is 0 Å². The Labute approximate surface area is 92.4 Å². The topological polar surface area (TPSA) is 58.7 Å². The highest BCUT2D eigenvalue weighted by atomic mass is 16.1. The molecule has 0 aromatic carbocycles. The van der Waals surface area contributed by atoms with Crippen LogP contribution in [0.5, 0.6) is 0 Å². The summed E-state index contributed by atoms with van der Waals surface area (Å²) >= 11 is 0. The molecule has 0 saturated heterocycles. The number of nitriles is 1. The third kappa shape index (κ3) is 1.59. The molecule has 2 rings (SSSR count). The molecule has 78 valence electrons. The van der Waals surface area contributed by atoms with Crippen LogP contribution in [0.3, 0.4) is 0 Å². The van der Waals surface area contributed by atoms with E-state index in [1.807, 2.05) is 18.2 Å². The second-order valence-electron chi connectivity index (χ2n) is 3.34. The standard InChI is InChI=1S/C12H9N3O/c1-15-11(9-4-6-14-7-5-9)3-2-10(8-13)12(15)16/h2-7H,1H3. The molecule has 2 aromatic heterocycles. The Morgan fingerprint density at radius 1 is 1.25 bits per heavy atom. The van der Waals surface area contributed by atoms with E-state index in [0.29, 0.717) is 0 Å². The van der Waals surface area contributed by atoms with Crippen molar-refractivity contribution < 1.29 is 0 Å². The van der Waals surface area contributed by atoms with E-state index in [9.17, 15) is 4.79 Å². The third-order valence-electron chi connectivity index (χ3n) is 2.40. The molecular formula is C12H9N3O. The Morgan fingerprint density at radius 3 is 2.56 bits per heavy atom. The summed E-state index contributed by atoms with van der Waals surface area (Å²) in [6.45, 7) is 0. The first-order valence-corrected chi connectivity index (χ1v) is 4.74. The summed E-state index contributed by atoms with van der Waals surface area (Å²) in [6.07, 6.45) is 3.33. The van der Waals surface area contributed by atoms with E-state index in [1.165, 1.54) is 10.6 Å². The lowest BCUT2D eigenvalue weighted by molar-refractivity contribution is 0.865. The number of pyridine rings is 2. The van der Waals surface area contributed by atoms with Gasteiger partial charge in [0.1, 0.15) is 11.6 Å². The van der Waals surface area contributed by atoms with E-state index >= 15 is 0 Å². The monoisotopic (exact) mass is 211 g/mol. The highest BCUT2D eigenvalue weighted by Gasteiger charge is 2.06. The highest BCUT2D eigenvalue weighted by Crippen LogP contribution is 2.15. The van der Waals surface area contributed by atoms with Crippen LogP contribution in [0.1, 0.15) is 5.56 Å². The van der Waals surface area contributed by atoms with Crippen molar-refractivity contribution in [3.05, 3.63) is 52.6 Å². The van der Waals surface area contributed by atoms with Crippen molar-refractivity contribution in [2.75, 3.05) is 0 Å². The average molecular weight is 211 g/mol. The van der Waals surface area contributed by atoms with Gasteiger partial charge in [-0.2, -0.15) is 5.26 Å². The van der Waals surface area contributed by atoms with Gasteiger partial charge in [0.15, 0.2) is 0 Å². The lowest BCUT2D eigenvalue weighted by Gasteiger charge is -2.07. The fraction of sp³-hybridized carbons (Fsp3) is 0.0833. The summed E-state index contributed by atoms with van der Waals surface area (Å²) in [7, 11) is 1.65. The molecule has 0 atom stereocenters. The van der Waals surface area contributed by atoms with Gasteiger partial charge in [-0.3, -0.25) is 9.78 Å². The molecule has 0 saturated carbocycles. The van der Waals surface area contributed by atoms with Gasteiger partial charge >= 0.3 is 0 Å². The minimum absolute atomic E-state index is 0.153. The molecule has 2 heterocycles. The van der Waals surface area contributed by atoms with Crippen LogP contribution in [0.15, 0.2) is 41.5 Å². The number of aromatic nitrogens is 2. The largest absolute Gasteiger partial charge is 0.310 e. The summed E-state index contributed by atoms with van der Waals surface area (Å²) in [5, 5.41) is 8.73. The van der Waals surface area contributed by atoms with Crippen LogP contribution in [0, 0.1) is 11.3 Å². The van der Waals surface area contributed by atoms with E-state index in [2.05, 4.69) is 4.98 Å². The maximum atomic E-state index is 11.7. The molecule has 0 amide bonds. The number of rotatable bonds is 1. The summed E-state index contributed by atoms with van der Waals surface area (Å²) in [5.41, 5.74) is 1.54. The predicted molar refractivity (Wildman–Crippen MR) is 59.6 cm³/mol. The van der Waals surface area contributed by atoms with Gasteiger partial charge in [-0.1, -0.05) is 0 Å². The van der Waals surface area contributed by atoms with E-state index in [-0.39, 0.29) is 11.1 Å². The number of hydrogen-bond acceptors (Lipinski definition) is 3. The molecule has 0 aliphatic rings. The first-order valence-electron chi connectivity index (χ1n) is 4.74. The van der Waals surface area contributed by atoms with Crippen LogP contribution in [-0.2, 0) is 7.05 Å². The summed E-state index contributed by atoms with van der Waals surface area (Å²) in [5.74, 6) is 0. The van der Waals surface area contributed by atoms with Crippen molar-refractivity contribution in [1.29, 1.82) is 5.26 Å². The molecule has 2 aromatic rings. The second kappa shape index (κ2) is 3.99. The van der Waals surface area contributed by atoms with Crippen molar-refractivity contribution in [3.8, 4) is 17.3 Å². The zero-order valence-electron chi connectivity index (χ0n) is 8.71. The molecule has 0 spiro atoms. The van der Waals surface area contributed by atoms with Gasteiger partial charge in [0, 0.05) is 25.0 Å². The normalized spacial score (nSPS) is 9.75. The molecule has 0 radical (unpaired) electrons. The van der Waals surface area contributed by atoms with Gasteiger partial charge in [-0.05, 0) is 24.3 Å². The lowest BCUT2D eigenvalue weighted by Crippen LogP contribution is -2.20. The quantitative estimate of drug-likeness (QED) is 0.714. The molecule has 0 unspecified atom stereocenters. The maximum Gasteiger partial charge on any atom is 0.268 e. The van der Waals surface area contributed by atoms with Gasteiger partial charge in [0.2, 0.25) is 0 Å². The zero-order valence-corrected chi connectivity index (χ0v) is 8.71. The SMILES string of the molecule is Cn1c(-c2ccncc2)ccc(C#N)c1=O. The van der Waals surface area contributed by atoms with Crippen molar-refractivity contribution in [3.63, 3.8) is 0 Å². The van der Waals surface area contributed by atoms with Crippen molar-refractivity contribution in [2.45, 2.75) is 0 Å². The van der Waals surface area contributed by atoms with E-state index in [0.717, 1.165) is 11.3 Å². The summed E-state index contributed by atoms with van der Waals surface area (Å²) in [4.78, 5) is 15.6. The fourth-order valence-electron chi connectivity index (χ4n) is 1.53. The van der Waals surface area contributed by atoms with Crippen molar-refractivity contribution >= 4 is 0 Å². The Hall–Kier alpha value is -2.41. The molecule has 0 fully saturated rings. The Bertz CT molecular complexity index is 608. The Balaban J connectivity index is 2.67. The highest BCUT2D eigenvalue weighted by molar-refractivity contribution is 5.59. The second-order valence-corrected chi connectivity index (χ2v) is 3.34. The minimum Gasteiger partial charge on any atom is -0.310 e. The van der Waals surface area contributed by atoms with Gasteiger partial charge in [-0.15, -0.1) is 0 Å². The van der Waals surface area contributed by atoms with Crippen molar-refractivity contribution in [1.82, 2.24) is 9.55 Å². The first kappa shape index (κ1) is 10.1. The van der Waals surface area contributed by atoms with E-state index in [1.54, 1.807) is 25.5 Å². The molecule has 0 aliphatic carbocycles. The Kier molecular flexibility index (Phi) is 2.52. The van der Waals surface area contributed by atoms with Crippen LogP contribution < -0.4 is 5.56 Å². The summed E-state index contributed by atoms with van der Waals surface area (Å²) in [6, 6.07) is 8.81. The van der Waals surface area contributed by atoms with Gasteiger partial charge in [0.05, 0.1) is 5.69 Å². The Morgan fingerprint density at radius 2 is 1.94 bits per heavy atom. The van der Waals surface area contributed by atoms with E-state index < -0.39 is 0 Å². The average Bonchev–Trinajstić information content (AvgIpc) is 2.34. The van der Waals surface area contributed by atoms with Gasteiger partial charge in [-0.25, -0.2) is 0 Å². The van der Waals surface area contributed by atoms with Crippen LogP contribution in [0.25, 0.3) is 11.3 Å². The molecule has 4 heteroatoms.